The molecule has 0 saturated heterocycles. The van der Waals surface area contributed by atoms with E-state index in [1.54, 1.807) is 31.2 Å². The lowest BCUT2D eigenvalue weighted by atomic mass is 10.1. The lowest BCUT2D eigenvalue weighted by Crippen LogP contribution is -2.15. The van der Waals surface area contributed by atoms with Gasteiger partial charge in [0, 0.05) is 5.69 Å². The molecule has 0 aromatic heterocycles. The fourth-order valence-electron chi connectivity index (χ4n) is 1.69. The molecule has 0 saturated carbocycles. The molecule has 0 atom stereocenters. The number of nitrogens with two attached hydrogens (primary N) is 1. The minimum Gasteiger partial charge on any atom is -0.398 e. The van der Waals surface area contributed by atoms with E-state index in [-0.39, 0.29) is 22.0 Å². The van der Waals surface area contributed by atoms with E-state index in [1.165, 1.54) is 12.1 Å². The van der Waals surface area contributed by atoms with Gasteiger partial charge in [0.25, 0.3) is 5.91 Å². The van der Waals surface area contributed by atoms with Crippen LogP contribution < -0.4 is 11.1 Å². The standard InChI is InChI=1S/C14H12ClFN2O/c1-8-5-6-12(10(16)7-8)18-14(19)13-9(15)3-2-4-11(13)17/h2-7H,17H2,1H3,(H,18,19). The van der Waals surface area contributed by atoms with Crippen molar-refractivity contribution in [1.29, 1.82) is 0 Å². The highest BCUT2D eigenvalue weighted by Gasteiger charge is 2.15. The summed E-state index contributed by atoms with van der Waals surface area (Å²) in [6.07, 6.45) is 0. The number of amides is 1. The number of anilines is 2. The van der Waals surface area contributed by atoms with Gasteiger partial charge in [-0.3, -0.25) is 4.79 Å². The number of benzene rings is 2. The Labute approximate surface area is 115 Å². The van der Waals surface area contributed by atoms with Crippen molar-refractivity contribution in [2.75, 3.05) is 11.1 Å². The predicted octanol–water partition coefficient (Wildman–Crippen LogP) is 3.62. The topological polar surface area (TPSA) is 55.1 Å². The van der Waals surface area contributed by atoms with E-state index in [0.717, 1.165) is 5.56 Å². The molecule has 2 aromatic carbocycles. The number of nitrogens with one attached hydrogen (secondary N) is 1. The van der Waals surface area contributed by atoms with Gasteiger partial charge in [-0.2, -0.15) is 0 Å². The van der Waals surface area contributed by atoms with Gasteiger partial charge in [0.1, 0.15) is 5.82 Å². The van der Waals surface area contributed by atoms with Crippen molar-refractivity contribution in [3.8, 4) is 0 Å². The van der Waals surface area contributed by atoms with Crippen LogP contribution in [0.5, 0.6) is 0 Å². The quantitative estimate of drug-likeness (QED) is 0.824. The maximum absolute atomic E-state index is 13.6. The molecule has 3 N–H and O–H groups in total. The van der Waals surface area contributed by atoms with Gasteiger partial charge in [-0.05, 0) is 36.8 Å². The smallest absolute Gasteiger partial charge is 0.259 e. The van der Waals surface area contributed by atoms with Gasteiger partial charge in [0.2, 0.25) is 0 Å². The molecule has 0 aliphatic carbocycles. The minimum atomic E-state index is -0.536. The van der Waals surface area contributed by atoms with Crippen LogP contribution in [0, 0.1) is 12.7 Å². The van der Waals surface area contributed by atoms with Crippen LogP contribution in [0.4, 0.5) is 15.8 Å². The molecule has 0 fully saturated rings. The second-order valence-corrected chi connectivity index (χ2v) is 4.55. The number of carbonyl (C=O) groups is 1. The number of aryl methyl sites for hydroxylation is 1. The minimum absolute atomic E-state index is 0.0925. The normalized spacial score (nSPS) is 10.3. The summed E-state index contributed by atoms with van der Waals surface area (Å²) in [6, 6.07) is 9.29. The molecule has 5 heteroatoms. The summed E-state index contributed by atoms with van der Waals surface area (Å²) in [5, 5.41) is 2.68. The first kappa shape index (κ1) is 13.4. The average molecular weight is 279 g/mol. The number of halogens is 2. The van der Waals surface area contributed by atoms with Crippen molar-refractivity contribution in [1.82, 2.24) is 0 Å². The molecule has 0 heterocycles. The summed E-state index contributed by atoms with van der Waals surface area (Å²) in [6.45, 7) is 1.76. The summed E-state index contributed by atoms with van der Waals surface area (Å²) >= 11 is 5.92. The molecule has 3 nitrogen and oxygen atoms in total. The van der Waals surface area contributed by atoms with Gasteiger partial charge in [-0.1, -0.05) is 23.7 Å². The molecule has 0 aliphatic rings. The summed E-state index contributed by atoms with van der Waals surface area (Å²) in [4.78, 5) is 12.1. The summed E-state index contributed by atoms with van der Waals surface area (Å²) in [5.74, 6) is -1.04. The predicted molar refractivity (Wildman–Crippen MR) is 75.0 cm³/mol. The SMILES string of the molecule is Cc1ccc(NC(=O)c2c(N)cccc2Cl)c(F)c1. The van der Waals surface area contributed by atoms with Crippen molar-refractivity contribution < 1.29 is 9.18 Å². The van der Waals surface area contributed by atoms with Crippen LogP contribution in [0.3, 0.4) is 0 Å². The van der Waals surface area contributed by atoms with Gasteiger partial charge in [-0.15, -0.1) is 0 Å². The Hall–Kier alpha value is -2.07. The summed E-state index contributed by atoms with van der Waals surface area (Å²) in [5.41, 5.74) is 6.95. The molecule has 98 valence electrons. The Morgan fingerprint density at radius 2 is 2.05 bits per heavy atom. The van der Waals surface area contributed by atoms with Crippen LogP contribution in [0.2, 0.25) is 5.02 Å². The third-order valence-corrected chi connectivity index (χ3v) is 2.96. The largest absolute Gasteiger partial charge is 0.398 e. The molecule has 19 heavy (non-hydrogen) atoms. The zero-order valence-electron chi connectivity index (χ0n) is 10.2. The Morgan fingerprint density at radius 3 is 2.68 bits per heavy atom. The number of carbonyl (C=O) groups excluding carboxylic acids is 1. The Morgan fingerprint density at radius 1 is 1.32 bits per heavy atom. The highest BCUT2D eigenvalue weighted by molar-refractivity contribution is 6.35. The van der Waals surface area contributed by atoms with Crippen molar-refractivity contribution >= 4 is 28.9 Å². The lowest BCUT2D eigenvalue weighted by molar-refractivity contribution is 0.102. The van der Waals surface area contributed by atoms with Crippen molar-refractivity contribution in [2.45, 2.75) is 6.92 Å². The molecule has 2 aromatic rings. The molecule has 0 spiro atoms. The van der Waals surface area contributed by atoms with Gasteiger partial charge < -0.3 is 11.1 Å². The van der Waals surface area contributed by atoms with Gasteiger partial charge in [-0.25, -0.2) is 4.39 Å². The molecular formula is C14H12ClFN2O. The van der Waals surface area contributed by atoms with E-state index in [0.29, 0.717) is 0 Å². The van der Waals surface area contributed by atoms with Gasteiger partial charge in [0.05, 0.1) is 16.3 Å². The van der Waals surface area contributed by atoms with E-state index >= 15 is 0 Å². The molecular weight excluding hydrogens is 267 g/mol. The molecule has 0 bridgehead atoms. The maximum atomic E-state index is 13.6. The zero-order valence-corrected chi connectivity index (χ0v) is 11.0. The fourth-order valence-corrected chi connectivity index (χ4v) is 1.95. The first-order valence-electron chi connectivity index (χ1n) is 5.60. The Kier molecular flexibility index (Phi) is 3.71. The van der Waals surface area contributed by atoms with Crippen LogP contribution in [0.1, 0.15) is 15.9 Å². The number of hydrogen-bond donors (Lipinski definition) is 2. The highest BCUT2D eigenvalue weighted by Crippen LogP contribution is 2.24. The van der Waals surface area contributed by atoms with Crippen molar-refractivity contribution in [3.63, 3.8) is 0 Å². The van der Waals surface area contributed by atoms with E-state index < -0.39 is 11.7 Å². The van der Waals surface area contributed by atoms with E-state index in [9.17, 15) is 9.18 Å². The van der Waals surface area contributed by atoms with Crippen molar-refractivity contribution in [2.24, 2.45) is 0 Å². The van der Waals surface area contributed by atoms with Crippen LogP contribution in [-0.4, -0.2) is 5.91 Å². The second kappa shape index (κ2) is 5.28. The van der Waals surface area contributed by atoms with Gasteiger partial charge >= 0.3 is 0 Å². The van der Waals surface area contributed by atoms with Crippen molar-refractivity contribution in [3.05, 3.63) is 58.4 Å². The third-order valence-electron chi connectivity index (χ3n) is 2.65. The fraction of sp³-hybridized carbons (Fsp3) is 0.0714. The third kappa shape index (κ3) is 2.85. The average Bonchev–Trinajstić information content (AvgIpc) is 2.32. The van der Waals surface area contributed by atoms with Crippen LogP contribution >= 0.6 is 11.6 Å². The van der Waals surface area contributed by atoms with Gasteiger partial charge in [0.15, 0.2) is 0 Å². The van der Waals surface area contributed by atoms with Crippen LogP contribution in [0.25, 0.3) is 0 Å². The molecule has 1 amide bonds. The first-order valence-corrected chi connectivity index (χ1v) is 5.98. The van der Waals surface area contributed by atoms with E-state index in [4.69, 9.17) is 17.3 Å². The maximum Gasteiger partial charge on any atom is 0.259 e. The zero-order chi connectivity index (χ0) is 14.0. The Balaban J connectivity index is 2.31. The monoisotopic (exact) mass is 278 g/mol. The number of rotatable bonds is 2. The van der Waals surface area contributed by atoms with E-state index in [1.807, 2.05) is 0 Å². The number of hydrogen-bond acceptors (Lipinski definition) is 2. The Bertz CT molecular complexity index is 623. The van der Waals surface area contributed by atoms with Crippen LogP contribution in [0.15, 0.2) is 36.4 Å². The molecule has 0 aliphatic heterocycles. The second-order valence-electron chi connectivity index (χ2n) is 4.14. The lowest BCUT2D eigenvalue weighted by Gasteiger charge is -2.10. The number of nitrogen functional groups attached to an aromatic ring is 1. The summed E-state index contributed by atoms with van der Waals surface area (Å²) in [7, 11) is 0. The van der Waals surface area contributed by atoms with Crippen LogP contribution in [-0.2, 0) is 0 Å². The first-order chi connectivity index (χ1) is 8.99. The highest BCUT2D eigenvalue weighted by atomic mass is 35.5. The van der Waals surface area contributed by atoms with E-state index in [2.05, 4.69) is 5.32 Å². The summed E-state index contributed by atoms with van der Waals surface area (Å²) < 4.78 is 13.6. The molecule has 2 rings (SSSR count). The molecule has 0 unspecified atom stereocenters. The molecule has 0 radical (unpaired) electrons.